The molecule has 20 heavy (non-hydrogen) atoms. The van der Waals surface area contributed by atoms with Crippen molar-refractivity contribution in [2.24, 2.45) is 0 Å². The standard InChI is InChI=1S/C15H19N5/c1-19-9-10-20(15-14(16)17-7-8-18-15)13(11-19)12-5-3-2-4-6-12/h2-8,13H,9-11H2,1H3,(H2,16,17). The quantitative estimate of drug-likeness (QED) is 0.896. The number of nitrogens with two attached hydrogens (primary N) is 1. The van der Waals surface area contributed by atoms with Crippen LogP contribution in [0, 0.1) is 0 Å². The van der Waals surface area contributed by atoms with Crippen LogP contribution in [-0.2, 0) is 0 Å². The Morgan fingerprint density at radius 2 is 1.85 bits per heavy atom. The summed E-state index contributed by atoms with van der Waals surface area (Å²) in [6.07, 6.45) is 3.33. The number of benzene rings is 1. The molecule has 1 fully saturated rings. The minimum atomic E-state index is 0.258. The topological polar surface area (TPSA) is 58.3 Å². The number of likely N-dealkylation sites (N-methyl/N-ethyl adjacent to an activating group) is 1. The molecule has 2 aromatic rings. The monoisotopic (exact) mass is 269 g/mol. The van der Waals surface area contributed by atoms with E-state index in [0.717, 1.165) is 25.5 Å². The largest absolute Gasteiger partial charge is 0.381 e. The first-order valence-corrected chi connectivity index (χ1v) is 6.82. The highest BCUT2D eigenvalue weighted by Crippen LogP contribution is 2.31. The molecule has 1 atom stereocenters. The van der Waals surface area contributed by atoms with Crippen LogP contribution in [-0.4, -0.2) is 41.5 Å². The fourth-order valence-corrected chi connectivity index (χ4v) is 2.70. The van der Waals surface area contributed by atoms with Gasteiger partial charge in [-0.1, -0.05) is 30.3 Å². The molecule has 2 heterocycles. The highest BCUT2D eigenvalue weighted by molar-refractivity contribution is 5.59. The molecule has 1 aliphatic rings. The predicted molar refractivity (Wildman–Crippen MR) is 80.5 cm³/mol. The Kier molecular flexibility index (Phi) is 3.52. The normalized spacial score (nSPS) is 20.1. The molecule has 0 radical (unpaired) electrons. The van der Waals surface area contributed by atoms with Gasteiger partial charge in [0.05, 0.1) is 6.04 Å². The van der Waals surface area contributed by atoms with Crippen LogP contribution in [0.25, 0.3) is 0 Å². The number of nitrogen functional groups attached to an aromatic ring is 1. The maximum Gasteiger partial charge on any atom is 0.172 e. The summed E-state index contributed by atoms with van der Waals surface area (Å²) >= 11 is 0. The van der Waals surface area contributed by atoms with Gasteiger partial charge in [-0.05, 0) is 12.6 Å². The molecule has 1 aromatic carbocycles. The Balaban J connectivity index is 1.97. The minimum Gasteiger partial charge on any atom is -0.381 e. The highest BCUT2D eigenvalue weighted by Gasteiger charge is 2.28. The third-order valence-electron chi connectivity index (χ3n) is 3.75. The van der Waals surface area contributed by atoms with Crippen molar-refractivity contribution in [3.8, 4) is 0 Å². The van der Waals surface area contributed by atoms with Crippen molar-refractivity contribution >= 4 is 11.6 Å². The van der Waals surface area contributed by atoms with E-state index in [1.54, 1.807) is 12.4 Å². The van der Waals surface area contributed by atoms with Crippen molar-refractivity contribution in [1.82, 2.24) is 14.9 Å². The van der Waals surface area contributed by atoms with Gasteiger partial charge < -0.3 is 15.5 Å². The zero-order chi connectivity index (χ0) is 13.9. The van der Waals surface area contributed by atoms with Gasteiger partial charge in [-0.25, -0.2) is 9.97 Å². The van der Waals surface area contributed by atoms with E-state index in [4.69, 9.17) is 5.73 Å². The van der Waals surface area contributed by atoms with Crippen LogP contribution in [0.2, 0.25) is 0 Å². The number of nitrogens with zero attached hydrogens (tertiary/aromatic N) is 4. The van der Waals surface area contributed by atoms with Crippen LogP contribution < -0.4 is 10.6 Å². The minimum absolute atomic E-state index is 0.258. The number of anilines is 2. The van der Waals surface area contributed by atoms with Gasteiger partial charge in [0.25, 0.3) is 0 Å². The number of piperazine rings is 1. The van der Waals surface area contributed by atoms with E-state index in [1.807, 2.05) is 6.07 Å². The summed E-state index contributed by atoms with van der Waals surface area (Å²) < 4.78 is 0. The molecular formula is C15H19N5. The average Bonchev–Trinajstić information content (AvgIpc) is 2.49. The van der Waals surface area contributed by atoms with Crippen LogP contribution in [0.1, 0.15) is 11.6 Å². The molecule has 1 aromatic heterocycles. The molecule has 1 unspecified atom stereocenters. The summed E-state index contributed by atoms with van der Waals surface area (Å²) in [6.45, 7) is 2.86. The lowest BCUT2D eigenvalue weighted by atomic mass is 10.0. The molecule has 1 aliphatic heterocycles. The molecular weight excluding hydrogens is 250 g/mol. The van der Waals surface area contributed by atoms with E-state index in [1.165, 1.54) is 5.56 Å². The van der Waals surface area contributed by atoms with Crippen LogP contribution in [0.3, 0.4) is 0 Å². The fraction of sp³-hybridized carbons (Fsp3) is 0.333. The van der Waals surface area contributed by atoms with Gasteiger partial charge in [-0.3, -0.25) is 0 Å². The van der Waals surface area contributed by atoms with Crippen LogP contribution >= 0.6 is 0 Å². The number of rotatable bonds is 2. The highest BCUT2D eigenvalue weighted by atomic mass is 15.3. The summed E-state index contributed by atoms with van der Waals surface area (Å²) in [5, 5.41) is 0. The van der Waals surface area contributed by atoms with Crippen molar-refractivity contribution in [3.05, 3.63) is 48.3 Å². The first kappa shape index (κ1) is 12.9. The molecule has 3 rings (SSSR count). The van der Waals surface area contributed by atoms with Crippen molar-refractivity contribution in [2.75, 3.05) is 37.3 Å². The van der Waals surface area contributed by atoms with Gasteiger partial charge in [-0.15, -0.1) is 0 Å². The summed E-state index contributed by atoms with van der Waals surface area (Å²) in [4.78, 5) is 13.2. The predicted octanol–water partition coefficient (Wildman–Crippen LogP) is 1.55. The van der Waals surface area contributed by atoms with Crippen LogP contribution in [0.4, 0.5) is 11.6 Å². The third kappa shape index (κ3) is 2.44. The first-order valence-electron chi connectivity index (χ1n) is 6.82. The van der Waals surface area contributed by atoms with E-state index in [0.29, 0.717) is 5.82 Å². The molecule has 0 saturated carbocycles. The zero-order valence-corrected chi connectivity index (χ0v) is 11.6. The first-order chi connectivity index (χ1) is 9.75. The zero-order valence-electron chi connectivity index (χ0n) is 11.6. The molecule has 0 amide bonds. The Hall–Kier alpha value is -2.14. The maximum atomic E-state index is 6.00. The van der Waals surface area contributed by atoms with Gasteiger partial charge in [0.2, 0.25) is 0 Å². The maximum absolute atomic E-state index is 6.00. The van der Waals surface area contributed by atoms with Gasteiger partial charge in [0, 0.05) is 32.0 Å². The molecule has 2 N–H and O–H groups in total. The van der Waals surface area contributed by atoms with Gasteiger partial charge in [-0.2, -0.15) is 0 Å². The van der Waals surface area contributed by atoms with Gasteiger partial charge in [0.15, 0.2) is 11.6 Å². The van der Waals surface area contributed by atoms with E-state index >= 15 is 0 Å². The summed E-state index contributed by atoms with van der Waals surface area (Å²) in [6, 6.07) is 10.8. The summed E-state index contributed by atoms with van der Waals surface area (Å²) in [5.74, 6) is 1.28. The molecule has 0 aliphatic carbocycles. The SMILES string of the molecule is CN1CCN(c2nccnc2N)C(c2ccccc2)C1. The fourth-order valence-electron chi connectivity index (χ4n) is 2.70. The molecule has 5 nitrogen and oxygen atoms in total. The van der Waals surface area contributed by atoms with E-state index < -0.39 is 0 Å². The van der Waals surface area contributed by atoms with Crippen molar-refractivity contribution < 1.29 is 0 Å². The van der Waals surface area contributed by atoms with Crippen molar-refractivity contribution in [1.29, 1.82) is 0 Å². The second-order valence-electron chi connectivity index (χ2n) is 5.15. The Labute approximate surface area is 119 Å². The summed E-state index contributed by atoms with van der Waals surface area (Å²) in [5.41, 5.74) is 7.28. The van der Waals surface area contributed by atoms with Crippen molar-refractivity contribution in [3.63, 3.8) is 0 Å². The average molecular weight is 269 g/mol. The van der Waals surface area contributed by atoms with E-state index in [-0.39, 0.29) is 6.04 Å². The lowest BCUT2D eigenvalue weighted by Crippen LogP contribution is -2.47. The molecule has 0 spiro atoms. The van der Waals surface area contributed by atoms with E-state index in [9.17, 15) is 0 Å². The summed E-state index contributed by atoms with van der Waals surface area (Å²) in [7, 11) is 2.15. The van der Waals surface area contributed by atoms with Crippen molar-refractivity contribution in [2.45, 2.75) is 6.04 Å². The second-order valence-corrected chi connectivity index (χ2v) is 5.15. The smallest absolute Gasteiger partial charge is 0.172 e. The lowest BCUT2D eigenvalue weighted by Gasteiger charge is -2.41. The number of hydrogen-bond acceptors (Lipinski definition) is 5. The Bertz CT molecular complexity index is 571. The van der Waals surface area contributed by atoms with Crippen LogP contribution in [0.5, 0.6) is 0 Å². The van der Waals surface area contributed by atoms with Crippen LogP contribution in [0.15, 0.2) is 42.7 Å². The van der Waals surface area contributed by atoms with Gasteiger partial charge in [0.1, 0.15) is 0 Å². The third-order valence-corrected chi connectivity index (χ3v) is 3.75. The van der Waals surface area contributed by atoms with E-state index in [2.05, 4.69) is 51.1 Å². The molecule has 0 bridgehead atoms. The lowest BCUT2D eigenvalue weighted by molar-refractivity contribution is 0.268. The second kappa shape index (κ2) is 5.46. The number of aromatic nitrogens is 2. The van der Waals surface area contributed by atoms with Gasteiger partial charge >= 0.3 is 0 Å². The molecule has 5 heteroatoms. The number of hydrogen-bond donors (Lipinski definition) is 1. The molecule has 1 saturated heterocycles. The molecule has 104 valence electrons. The Morgan fingerprint density at radius 1 is 1.10 bits per heavy atom. The Morgan fingerprint density at radius 3 is 2.60 bits per heavy atom.